The quantitative estimate of drug-likeness (QED) is 0.801. The zero-order valence-corrected chi connectivity index (χ0v) is 12.8. The highest BCUT2D eigenvalue weighted by Crippen LogP contribution is 2.24. The second kappa shape index (κ2) is 6.70. The Hall–Kier alpha value is -1.62. The number of fused-ring (bicyclic) bond motifs is 1. The number of nitrogens with one attached hydrogen (secondary N) is 1. The number of aromatic nitrogens is 1. The van der Waals surface area contributed by atoms with Crippen LogP contribution in [0.15, 0.2) is 18.2 Å². The van der Waals surface area contributed by atoms with E-state index in [0.717, 1.165) is 35.5 Å². The molecule has 1 amide bonds. The highest BCUT2D eigenvalue weighted by molar-refractivity contribution is 7.22. The van der Waals surface area contributed by atoms with E-state index in [1.165, 1.54) is 17.8 Å². The molecule has 0 atom stereocenters. The van der Waals surface area contributed by atoms with Gasteiger partial charge in [0.25, 0.3) is 5.91 Å². The van der Waals surface area contributed by atoms with E-state index in [-0.39, 0.29) is 5.91 Å². The molecule has 20 heavy (non-hydrogen) atoms. The third-order valence-electron chi connectivity index (χ3n) is 3.16. The highest BCUT2D eigenvalue weighted by Gasteiger charge is 2.08. The smallest absolute Gasteiger partial charge is 0.251 e. The van der Waals surface area contributed by atoms with Crippen LogP contribution in [-0.2, 0) is 0 Å². The predicted molar refractivity (Wildman–Crippen MR) is 85.1 cm³/mol. The maximum Gasteiger partial charge on any atom is 0.251 e. The van der Waals surface area contributed by atoms with Gasteiger partial charge in [0.05, 0.1) is 10.2 Å². The minimum Gasteiger partial charge on any atom is -0.375 e. The molecule has 0 saturated carbocycles. The van der Waals surface area contributed by atoms with Gasteiger partial charge in [-0.15, -0.1) is 0 Å². The molecule has 4 nitrogen and oxygen atoms in total. The zero-order chi connectivity index (χ0) is 14.5. The SMILES string of the molecule is CC(C)CCCCNC(=O)c1ccc2nc(N)sc2c1. The molecule has 0 saturated heterocycles. The Balaban J connectivity index is 1.87. The van der Waals surface area contributed by atoms with Gasteiger partial charge in [-0.1, -0.05) is 38.0 Å². The number of nitrogen functional groups attached to an aromatic ring is 1. The van der Waals surface area contributed by atoms with E-state index in [1.807, 2.05) is 12.1 Å². The first kappa shape index (κ1) is 14.8. The third kappa shape index (κ3) is 3.93. The van der Waals surface area contributed by atoms with Crippen LogP contribution in [0.1, 0.15) is 43.5 Å². The summed E-state index contributed by atoms with van der Waals surface area (Å²) < 4.78 is 0.954. The maximum absolute atomic E-state index is 12.0. The first-order valence-corrected chi connectivity index (χ1v) is 7.82. The summed E-state index contributed by atoms with van der Waals surface area (Å²) in [6.45, 7) is 5.16. The van der Waals surface area contributed by atoms with Gasteiger partial charge < -0.3 is 11.1 Å². The van der Waals surface area contributed by atoms with Crippen molar-refractivity contribution in [2.75, 3.05) is 12.3 Å². The Labute approximate surface area is 123 Å². The van der Waals surface area contributed by atoms with Gasteiger partial charge in [0.1, 0.15) is 0 Å². The molecule has 5 heteroatoms. The summed E-state index contributed by atoms with van der Waals surface area (Å²) in [7, 11) is 0. The largest absolute Gasteiger partial charge is 0.375 e. The van der Waals surface area contributed by atoms with Gasteiger partial charge >= 0.3 is 0 Å². The van der Waals surface area contributed by atoms with Crippen LogP contribution in [-0.4, -0.2) is 17.4 Å². The van der Waals surface area contributed by atoms with Crippen molar-refractivity contribution in [3.8, 4) is 0 Å². The summed E-state index contributed by atoms with van der Waals surface area (Å²) in [5.41, 5.74) is 7.18. The molecular weight excluding hydrogens is 270 g/mol. The molecular formula is C15H21N3OS. The van der Waals surface area contributed by atoms with Crippen LogP contribution >= 0.6 is 11.3 Å². The van der Waals surface area contributed by atoms with Crippen molar-refractivity contribution in [3.63, 3.8) is 0 Å². The average molecular weight is 291 g/mol. The van der Waals surface area contributed by atoms with Gasteiger partial charge in [-0.2, -0.15) is 0 Å². The van der Waals surface area contributed by atoms with Crippen molar-refractivity contribution in [2.24, 2.45) is 5.92 Å². The Morgan fingerprint density at radius 2 is 2.20 bits per heavy atom. The number of thiazole rings is 1. The lowest BCUT2D eigenvalue weighted by Crippen LogP contribution is -2.24. The van der Waals surface area contributed by atoms with Crippen molar-refractivity contribution >= 4 is 32.6 Å². The molecule has 2 rings (SSSR count). The number of unbranched alkanes of at least 4 members (excludes halogenated alkanes) is 1. The average Bonchev–Trinajstić information content (AvgIpc) is 2.76. The fraction of sp³-hybridized carbons (Fsp3) is 0.467. The standard InChI is InChI=1S/C15H21N3OS/c1-10(2)5-3-4-8-17-14(19)11-6-7-12-13(9-11)20-15(16)18-12/h6-7,9-10H,3-5,8H2,1-2H3,(H2,16,18)(H,17,19). The number of nitrogens with two attached hydrogens (primary N) is 1. The summed E-state index contributed by atoms with van der Waals surface area (Å²) >= 11 is 1.41. The summed E-state index contributed by atoms with van der Waals surface area (Å²) in [6.07, 6.45) is 3.39. The van der Waals surface area contributed by atoms with E-state index in [1.54, 1.807) is 6.07 Å². The van der Waals surface area contributed by atoms with Crippen LogP contribution in [0.4, 0.5) is 5.13 Å². The van der Waals surface area contributed by atoms with Crippen LogP contribution in [0.5, 0.6) is 0 Å². The first-order valence-electron chi connectivity index (χ1n) is 7.00. The monoisotopic (exact) mass is 291 g/mol. The number of amides is 1. The second-order valence-corrected chi connectivity index (χ2v) is 6.44. The van der Waals surface area contributed by atoms with Crippen LogP contribution in [0.2, 0.25) is 0 Å². The summed E-state index contributed by atoms with van der Waals surface area (Å²) in [4.78, 5) is 16.2. The predicted octanol–water partition coefficient (Wildman–Crippen LogP) is 3.43. The molecule has 0 aliphatic carbocycles. The Kier molecular flexibility index (Phi) is 4.95. The van der Waals surface area contributed by atoms with Gasteiger partial charge in [-0.3, -0.25) is 4.79 Å². The molecule has 0 bridgehead atoms. The fourth-order valence-corrected chi connectivity index (χ4v) is 2.84. The number of carbonyl (C=O) groups excluding carboxylic acids is 1. The summed E-state index contributed by atoms with van der Waals surface area (Å²) in [6, 6.07) is 5.49. The lowest BCUT2D eigenvalue weighted by Gasteiger charge is -2.06. The number of anilines is 1. The lowest BCUT2D eigenvalue weighted by atomic mass is 10.1. The first-order chi connectivity index (χ1) is 9.56. The summed E-state index contributed by atoms with van der Waals surface area (Å²) in [5, 5.41) is 3.49. The highest BCUT2D eigenvalue weighted by atomic mass is 32.1. The normalized spacial score (nSPS) is 11.2. The molecule has 3 N–H and O–H groups in total. The van der Waals surface area contributed by atoms with E-state index in [0.29, 0.717) is 10.7 Å². The van der Waals surface area contributed by atoms with Crippen LogP contribution in [0, 0.1) is 5.92 Å². The van der Waals surface area contributed by atoms with E-state index in [9.17, 15) is 4.79 Å². The maximum atomic E-state index is 12.0. The van der Waals surface area contributed by atoms with E-state index in [4.69, 9.17) is 5.73 Å². The lowest BCUT2D eigenvalue weighted by molar-refractivity contribution is 0.0953. The Bertz CT molecular complexity index is 592. The molecule has 0 spiro atoms. The molecule has 108 valence electrons. The van der Waals surface area contributed by atoms with E-state index >= 15 is 0 Å². The van der Waals surface area contributed by atoms with Crippen molar-refractivity contribution in [2.45, 2.75) is 33.1 Å². The molecule has 0 aliphatic heterocycles. The Morgan fingerprint density at radius 1 is 1.40 bits per heavy atom. The van der Waals surface area contributed by atoms with Crippen molar-refractivity contribution in [1.29, 1.82) is 0 Å². The zero-order valence-electron chi connectivity index (χ0n) is 12.0. The molecule has 2 aromatic rings. The third-order valence-corrected chi connectivity index (χ3v) is 4.01. The minimum absolute atomic E-state index is 0.0246. The van der Waals surface area contributed by atoms with Gasteiger partial charge in [-0.05, 0) is 30.5 Å². The second-order valence-electron chi connectivity index (χ2n) is 5.38. The van der Waals surface area contributed by atoms with Gasteiger partial charge in [0, 0.05) is 12.1 Å². The molecule has 1 aromatic heterocycles. The van der Waals surface area contributed by atoms with Gasteiger partial charge in [0.15, 0.2) is 5.13 Å². The molecule has 0 radical (unpaired) electrons. The number of carbonyl (C=O) groups is 1. The van der Waals surface area contributed by atoms with Gasteiger partial charge in [-0.25, -0.2) is 4.98 Å². The number of hydrogen-bond donors (Lipinski definition) is 2. The molecule has 1 heterocycles. The van der Waals surface area contributed by atoms with Crippen LogP contribution in [0.25, 0.3) is 10.2 Å². The van der Waals surface area contributed by atoms with Crippen LogP contribution in [0.3, 0.4) is 0 Å². The summed E-state index contributed by atoms with van der Waals surface area (Å²) in [5.74, 6) is 0.702. The molecule has 0 aliphatic rings. The van der Waals surface area contributed by atoms with Crippen molar-refractivity contribution in [1.82, 2.24) is 10.3 Å². The molecule has 0 fully saturated rings. The van der Waals surface area contributed by atoms with Crippen molar-refractivity contribution in [3.05, 3.63) is 23.8 Å². The van der Waals surface area contributed by atoms with Gasteiger partial charge in [0.2, 0.25) is 0 Å². The molecule has 0 unspecified atom stereocenters. The fourth-order valence-electron chi connectivity index (χ4n) is 2.07. The Morgan fingerprint density at radius 3 is 2.95 bits per heavy atom. The number of benzene rings is 1. The minimum atomic E-state index is -0.0246. The van der Waals surface area contributed by atoms with E-state index in [2.05, 4.69) is 24.1 Å². The van der Waals surface area contributed by atoms with Crippen LogP contribution < -0.4 is 11.1 Å². The number of hydrogen-bond acceptors (Lipinski definition) is 4. The number of rotatable bonds is 6. The topological polar surface area (TPSA) is 68.0 Å². The molecule has 1 aromatic carbocycles. The van der Waals surface area contributed by atoms with Crippen molar-refractivity contribution < 1.29 is 4.79 Å². The van der Waals surface area contributed by atoms with E-state index < -0.39 is 0 Å². The number of nitrogens with zero attached hydrogens (tertiary/aromatic N) is 1.